The van der Waals surface area contributed by atoms with Crippen LogP contribution in [0.25, 0.3) is 0 Å². The van der Waals surface area contributed by atoms with E-state index in [0.29, 0.717) is 17.7 Å². The molecule has 3 N–H and O–H groups in total. The maximum Gasteiger partial charge on any atom is 0.319 e. The standard InChI is InChI=1S/C19H19N3O3/c1-11(14-5-8-17-15(9-14)10-18(24)22-17)20-19(25)21-16-6-3-13(4-7-16)12(2)23/h3-9,11H,10H2,1-2H3,(H,22,24)(H2,20,21,25)/t11-/m0/s1. The van der Waals surface area contributed by atoms with Crippen LogP contribution < -0.4 is 16.0 Å². The zero-order valence-electron chi connectivity index (χ0n) is 14.1. The van der Waals surface area contributed by atoms with Crippen molar-refractivity contribution in [2.45, 2.75) is 26.3 Å². The predicted molar refractivity (Wildman–Crippen MR) is 95.8 cm³/mol. The quantitative estimate of drug-likeness (QED) is 0.748. The summed E-state index contributed by atoms with van der Waals surface area (Å²) in [5, 5.41) is 8.39. The van der Waals surface area contributed by atoms with Crippen molar-refractivity contribution in [2.24, 2.45) is 0 Å². The molecule has 1 aliphatic heterocycles. The Hall–Kier alpha value is -3.15. The largest absolute Gasteiger partial charge is 0.331 e. The summed E-state index contributed by atoms with van der Waals surface area (Å²) >= 11 is 0. The van der Waals surface area contributed by atoms with E-state index in [1.165, 1.54) is 6.92 Å². The highest BCUT2D eigenvalue weighted by atomic mass is 16.2. The number of Topliss-reactive ketones (excluding diaryl/α,β-unsaturated/α-hetero) is 1. The Kier molecular flexibility index (Phi) is 4.52. The summed E-state index contributed by atoms with van der Waals surface area (Å²) in [7, 11) is 0. The van der Waals surface area contributed by atoms with Gasteiger partial charge in [0.05, 0.1) is 12.5 Å². The molecule has 1 atom stereocenters. The van der Waals surface area contributed by atoms with Crippen molar-refractivity contribution in [2.75, 3.05) is 10.6 Å². The molecule has 1 heterocycles. The highest BCUT2D eigenvalue weighted by Crippen LogP contribution is 2.26. The lowest BCUT2D eigenvalue weighted by Crippen LogP contribution is -2.31. The number of carbonyl (C=O) groups excluding carboxylic acids is 3. The number of carbonyl (C=O) groups is 3. The lowest BCUT2D eigenvalue weighted by molar-refractivity contribution is -0.115. The Morgan fingerprint density at radius 3 is 2.52 bits per heavy atom. The van der Waals surface area contributed by atoms with Gasteiger partial charge in [-0.3, -0.25) is 9.59 Å². The molecule has 3 rings (SSSR count). The molecule has 2 aromatic carbocycles. The molecule has 25 heavy (non-hydrogen) atoms. The fourth-order valence-electron chi connectivity index (χ4n) is 2.75. The number of anilines is 2. The van der Waals surface area contributed by atoms with Gasteiger partial charge in [-0.1, -0.05) is 12.1 Å². The van der Waals surface area contributed by atoms with Gasteiger partial charge in [0.2, 0.25) is 5.91 Å². The van der Waals surface area contributed by atoms with E-state index in [2.05, 4.69) is 16.0 Å². The van der Waals surface area contributed by atoms with E-state index < -0.39 is 0 Å². The van der Waals surface area contributed by atoms with Crippen molar-refractivity contribution in [1.29, 1.82) is 0 Å². The third-order valence-electron chi connectivity index (χ3n) is 4.15. The molecule has 3 amide bonds. The molecule has 0 fully saturated rings. The first-order chi connectivity index (χ1) is 11.9. The van der Waals surface area contributed by atoms with Crippen molar-refractivity contribution in [3.05, 3.63) is 59.2 Å². The highest BCUT2D eigenvalue weighted by Gasteiger charge is 2.19. The molecule has 0 aromatic heterocycles. The SMILES string of the molecule is CC(=O)c1ccc(NC(=O)N[C@@H](C)c2ccc3c(c2)CC(=O)N3)cc1. The second-order valence-electron chi connectivity index (χ2n) is 6.10. The molecule has 6 nitrogen and oxygen atoms in total. The number of fused-ring (bicyclic) bond motifs is 1. The number of benzene rings is 2. The number of urea groups is 1. The molecule has 2 aromatic rings. The van der Waals surface area contributed by atoms with Crippen LogP contribution in [0.3, 0.4) is 0 Å². The number of ketones is 1. The van der Waals surface area contributed by atoms with E-state index in [9.17, 15) is 14.4 Å². The molecule has 0 bridgehead atoms. The summed E-state index contributed by atoms with van der Waals surface area (Å²) in [6, 6.07) is 11.8. The summed E-state index contributed by atoms with van der Waals surface area (Å²) in [6.07, 6.45) is 0.366. The number of amides is 3. The van der Waals surface area contributed by atoms with Gasteiger partial charge in [-0.15, -0.1) is 0 Å². The number of hydrogen-bond donors (Lipinski definition) is 3. The summed E-state index contributed by atoms with van der Waals surface area (Å²) in [5.41, 5.74) is 3.91. The minimum atomic E-state index is -0.335. The first-order valence-corrected chi connectivity index (χ1v) is 8.03. The average Bonchev–Trinajstić information content (AvgIpc) is 2.94. The minimum absolute atomic E-state index is 0.0143. The Morgan fingerprint density at radius 2 is 1.84 bits per heavy atom. The first-order valence-electron chi connectivity index (χ1n) is 8.03. The monoisotopic (exact) mass is 337 g/mol. The van der Waals surface area contributed by atoms with Crippen LogP contribution in [0.1, 0.15) is 41.4 Å². The molecule has 0 saturated carbocycles. The molecule has 0 spiro atoms. The van der Waals surface area contributed by atoms with E-state index in [4.69, 9.17) is 0 Å². The van der Waals surface area contributed by atoms with Gasteiger partial charge in [0.25, 0.3) is 0 Å². The van der Waals surface area contributed by atoms with Crippen LogP contribution in [-0.2, 0) is 11.2 Å². The lowest BCUT2D eigenvalue weighted by atomic mass is 10.0. The molecule has 0 saturated heterocycles. The van der Waals surface area contributed by atoms with Gasteiger partial charge in [0.15, 0.2) is 5.78 Å². The molecule has 0 unspecified atom stereocenters. The van der Waals surface area contributed by atoms with Gasteiger partial charge in [0.1, 0.15) is 0 Å². The molecule has 6 heteroatoms. The van der Waals surface area contributed by atoms with Crippen LogP contribution in [0.4, 0.5) is 16.2 Å². The van der Waals surface area contributed by atoms with Crippen molar-refractivity contribution >= 4 is 29.1 Å². The molecular weight excluding hydrogens is 318 g/mol. The zero-order valence-corrected chi connectivity index (χ0v) is 14.1. The second-order valence-corrected chi connectivity index (χ2v) is 6.10. The fraction of sp³-hybridized carbons (Fsp3) is 0.211. The van der Waals surface area contributed by atoms with E-state index >= 15 is 0 Å². The van der Waals surface area contributed by atoms with Gasteiger partial charge in [-0.25, -0.2) is 4.79 Å². The number of hydrogen-bond acceptors (Lipinski definition) is 3. The maximum atomic E-state index is 12.1. The molecular formula is C19H19N3O3. The van der Waals surface area contributed by atoms with Crippen LogP contribution in [0.5, 0.6) is 0 Å². The first kappa shape index (κ1) is 16.7. The van der Waals surface area contributed by atoms with Crippen LogP contribution in [0.2, 0.25) is 0 Å². The van der Waals surface area contributed by atoms with E-state index in [0.717, 1.165) is 16.8 Å². The third kappa shape index (κ3) is 3.85. The summed E-state index contributed by atoms with van der Waals surface area (Å²) in [5.74, 6) is -0.0336. The summed E-state index contributed by atoms with van der Waals surface area (Å²) in [6.45, 7) is 3.38. The van der Waals surface area contributed by atoms with Gasteiger partial charge < -0.3 is 16.0 Å². The van der Waals surface area contributed by atoms with Crippen molar-refractivity contribution < 1.29 is 14.4 Å². The van der Waals surface area contributed by atoms with Crippen LogP contribution >= 0.6 is 0 Å². The Morgan fingerprint density at radius 1 is 1.12 bits per heavy atom. The third-order valence-corrected chi connectivity index (χ3v) is 4.15. The zero-order chi connectivity index (χ0) is 18.0. The normalized spacial score (nSPS) is 13.6. The summed E-state index contributed by atoms with van der Waals surface area (Å²) < 4.78 is 0. The lowest BCUT2D eigenvalue weighted by Gasteiger charge is -2.16. The van der Waals surface area contributed by atoms with Crippen molar-refractivity contribution in [3.8, 4) is 0 Å². The van der Waals surface area contributed by atoms with Gasteiger partial charge >= 0.3 is 6.03 Å². The summed E-state index contributed by atoms with van der Waals surface area (Å²) in [4.78, 5) is 34.8. The fourth-order valence-corrected chi connectivity index (χ4v) is 2.75. The van der Waals surface area contributed by atoms with Gasteiger partial charge in [0, 0.05) is 16.9 Å². The number of rotatable bonds is 4. The molecule has 0 aliphatic carbocycles. The number of nitrogens with one attached hydrogen (secondary N) is 3. The molecule has 128 valence electrons. The smallest absolute Gasteiger partial charge is 0.319 e. The van der Waals surface area contributed by atoms with Crippen LogP contribution in [-0.4, -0.2) is 17.7 Å². The Balaban J connectivity index is 1.62. The minimum Gasteiger partial charge on any atom is -0.331 e. The average molecular weight is 337 g/mol. The Labute approximate surface area is 145 Å². The van der Waals surface area contributed by atoms with Crippen molar-refractivity contribution in [3.63, 3.8) is 0 Å². The van der Waals surface area contributed by atoms with Crippen LogP contribution in [0.15, 0.2) is 42.5 Å². The van der Waals surface area contributed by atoms with Crippen LogP contribution in [0, 0.1) is 0 Å². The second kappa shape index (κ2) is 6.76. The molecule has 0 radical (unpaired) electrons. The molecule has 1 aliphatic rings. The van der Waals surface area contributed by atoms with Gasteiger partial charge in [-0.05, 0) is 55.3 Å². The van der Waals surface area contributed by atoms with E-state index in [-0.39, 0.29) is 23.8 Å². The van der Waals surface area contributed by atoms with Crippen molar-refractivity contribution in [1.82, 2.24) is 5.32 Å². The maximum absolute atomic E-state index is 12.1. The Bertz CT molecular complexity index is 843. The topological polar surface area (TPSA) is 87.3 Å². The van der Waals surface area contributed by atoms with E-state index in [1.807, 2.05) is 25.1 Å². The predicted octanol–water partition coefficient (Wildman–Crippen LogP) is 3.27. The van der Waals surface area contributed by atoms with E-state index in [1.54, 1.807) is 24.3 Å². The highest BCUT2D eigenvalue weighted by molar-refractivity contribution is 5.99. The van der Waals surface area contributed by atoms with Gasteiger partial charge in [-0.2, -0.15) is 0 Å².